The molecule has 1 saturated heterocycles. The number of benzene rings is 1. The van der Waals surface area contributed by atoms with Crippen LogP contribution in [0.5, 0.6) is 0 Å². The maximum absolute atomic E-state index is 11.7. The van der Waals surface area contributed by atoms with Crippen molar-refractivity contribution in [1.29, 1.82) is 0 Å². The van der Waals surface area contributed by atoms with Crippen molar-refractivity contribution in [3.05, 3.63) is 34.3 Å². The van der Waals surface area contributed by atoms with Crippen LogP contribution in [0.25, 0.3) is 0 Å². The fraction of sp³-hybridized carbons (Fsp3) is 0.467. The van der Waals surface area contributed by atoms with Gasteiger partial charge >= 0.3 is 6.03 Å². The quantitative estimate of drug-likeness (QED) is 0.770. The number of carbonyl (C=O) groups is 2. The Bertz CT molecular complexity index is 507. The zero-order valence-corrected chi connectivity index (χ0v) is 13.5. The molecule has 5 nitrogen and oxygen atoms in total. The highest BCUT2D eigenvalue weighted by molar-refractivity contribution is 9.10. The molecule has 1 aliphatic heterocycles. The number of amides is 3. The number of hydrogen-bond donors (Lipinski definition) is 2. The highest BCUT2D eigenvalue weighted by Crippen LogP contribution is 2.15. The SMILES string of the molecule is O=C(NCCCN1CCCC1=O)NCc1ccccc1Br. The maximum atomic E-state index is 11.7. The Balaban J connectivity index is 1.59. The van der Waals surface area contributed by atoms with Crippen LogP contribution in [0.3, 0.4) is 0 Å². The minimum atomic E-state index is -0.182. The van der Waals surface area contributed by atoms with Crippen LogP contribution in [0.4, 0.5) is 4.79 Å². The van der Waals surface area contributed by atoms with E-state index in [0.717, 1.165) is 36.0 Å². The van der Waals surface area contributed by atoms with Gasteiger partial charge in [-0.25, -0.2) is 4.79 Å². The van der Waals surface area contributed by atoms with Crippen LogP contribution in [0.15, 0.2) is 28.7 Å². The molecular formula is C15H20BrN3O2. The van der Waals surface area contributed by atoms with Gasteiger partial charge in [0.2, 0.25) is 5.91 Å². The molecule has 0 aliphatic carbocycles. The number of halogens is 1. The van der Waals surface area contributed by atoms with Gasteiger partial charge in [0, 0.05) is 37.1 Å². The van der Waals surface area contributed by atoms with Gasteiger partial charge in [-0.05, 0) is 24.5 Å². The van der Waals surface area contributed by atoms with Crippen molar-refractivity contribution in [2.75, 3.05) is 19.6 Å². The predicted octanol–water partition coefficient (Wildman–Crippen LogP) is 2.26. The van der Waals surface area contributed by atoms with Crippen LogP contribution < -0.4 is 10.6 Å². The molecular weight excluding hydrogens is 334 g/mol. The normalized spacial score (nSPS) is 14.3. The van der Waals surface area contributed by atoms with Crippen LogP contribution in [0.1, 0.15) is 24.8 Å². The lowest BCUT2D eigenvalue weighted by Gasteiger charge is -2.15. The third-order valence-corrected chi connectivity index (χ3v) is 4.23. The second-order valence-electron chi connectivity index (χ2n) is 5.04. The Morgan fingerprint density at radius 3 is 2.81 bits per heavy atom. The molecule has 1 aromatic carbocycles. The fourth-order valence-electron chi connectivity index (χ4n) is 2.29. The molecule has 0 unspecified atom stereocenters. The average molecular weight is 354 g/mol. The second-order valence-corrected chi connectivity index (χ2v) is 5.89. The largest absolute Gasteiger partial charge is 0.343 e. The Labute approximate surface area is 133 Å². The number of likely N-dealkylation sites (tertiary alicyclic amines) is 1. The third kappa shape index (κ3) is 5.04. The van der Waals surface area contributed by atoms with Gasteiger partial charge in [-0.15, -0.1) is 0 Å². The fourth-order valence-corrected chi connectivity index (χ4v) is 2.72. The third-order valence-electron chi connectivity index (χ3n) is 3.46. The summed E-state index contributed by atoms with van der Waals surface area (Å²) in [6.45, 7) is 2.64. The molecule has 1 fully saturated rings. The number of hydrogen-bond acceptors (Lipinski definition) is 2. The van der Waals surface area contributed by atoms with E-state index in [-0.39, 0.29) is 11.9 Å². The molecule has 6 heteroatoms. The number of nitrogens with one attached hydrogen (secondary N) is 2. The summed E-state index contributed by atoms with van der Waals surface area (Å²) in [7, 11) is 0. The lowest BCUT2D eigenvalue weighted by atomic mass is 10.2. The molecule has 1 aliphatic rings. The minimum Gasteiger partial charge on any atom is -0.343 e. The zero-order chi connectivity index (χ0) is 15.1. The smallest absolute Gasteiger partial charge is 0.315 e. The standard InChI is InChI=1S/C15H20BrN3O2/c16-13-6-2-1-5-12(13)11-18-15(21)17-8-4-10-19-9-3-7-14(19)20/h1-2,5-6H,3-4,7-11H2,(H2,17,18,21). The van der Waals surface area contributed by atoms with E-state index in [1.165, 1.54) is 0 Å². The first-order valence-electron chi connectivity index (χ1n) is 7.19. The summed E-state index contributed by atoms with van der Waals surface area (Å²) in [5.41, 5.74) is 1.04. The minimum absolute atomic E-state index is 0.182. The van der Waals surface area contributed by atoms with Gasteiger partial charge in [-0.3, -0.25) is 4.79 Å². The Hall–Kier alpha value is -1.56. The summed E-state index contributed by atoms with van der Waals surface area (Å²) in [5.74, 6) is 0.230. The molecule has 2 rings (SSSR count). The van der Waals surface area contributed by atoms with E-state index in [1.54, 1.807) is 0 Å². The van der Waals surface area contributed by atoms with Gasteiger partial charge < -0.3 is 15.5 Å². The molecule has 0 aromatic heterocycles. The Morgan fingerprint density at radius 1 is 1.29 bits per heavy atom. The Kier molecular flexibility index (Phi) is 6.04. The summed E-state index contributed by atoms with van der Waals surface area (Å²) in [4.78, 5) is 24.9. The van der Waals surface area contributed by atoms with Crippen LogP contribution in [-0.4, -0.2) is 36.5 Å². The Morgan fingerprint density at radius 2 is 2.10 bits per heavy atom. The lowest BCUT2D eigenvalue weighted by Crippen LogP contribution is -2.37. The van der Waals surface area contributed by atoms with E-state index in [2.05, 4.69) is 26.6 Å². The molecule has 1 aromatic rings. The van der Waals surface area contributed by atoms with Gasteiger partial charge in [-0.2, -0.15) is 0 Å². The van der Waals surface area contributed by atoms with E-state index in [9.17, 15) is 9.59 Å². The molecule has 3 amide bonds. The van der Waals surface area contributed by atoms with E-state index in [0.29, 0.717) is 19.5 Å². The lowest BCUT2D eigenvalue weighted by molar-refractivity contribution is -0.127. The number of urea groups is 1. The maximum Gasteiger partial charge on any atom is 0.315 e. The first-order chi connectivity index (χ1) is 10.2. The van der Waals surface area contributed by atoms with Crippen LogP contribution in [0.2, 0.25) is 0 Å². The van der Waals surface area contributed by atoms with Crippen molar-refractivity contribution in [2.24, 2.45) is 0 Å². The molecule has 0 bridgehead atoms. The van der Waals surface area contributed by atoms with E-state index >= 15 is 0 Å². The van der Waals surface area contributed by atoms with Gasteiger partial charge in [-0.1, -0.05) is 34.1 Å². The molecule has 0 atom stereocenters. The monoisotopic (exact) mass is 353 g/mol. The summed E-state index contributed by atoms with van der Waals surface area (Å²) in [6.07, 6.45) is 2.41. The van der Waals surface area contributed by atoms with Crippen molar-refractivity contribution < 1.29 is 9.59 Å². The summed E-state index contributed by atoms with van der Waals surface area (Å²) < 4.78 is 0.984. The first kappa shape index (κ1) is 15.8. The topological polar surface area (TPSA) is 61.4 Å². The highest BCUT2D eigenvalue weighted by atomic mass is 79.9. The van der Waals surface area contributed by atoms with E-state index < -0.39 is 0 Å². The van der Waals surface area contributed by atoms with Gasteiger partial charge in [0.1, 0.15) is 0 Å². The summed E-state index contributed by atoms with van der Waals surface area (Å²) >= 11 is 3.44. The second kappa shape index (κ2) is 8.02. The molecule has 0 spiro atoms. The average Bonchev–Trinajstić information content (AvgIpc) is 2.88. The van der Waals surface area contributed by atoms with Gasteiger partial charge in [0.25, 0.3) is 0 Å². The van der Waals surface area contributed by atoms with Crippen LogP contribution in [-0.2, 0) is 11.3 Å². The highest BCUT2D eigenvalue weighted by Gasteiger charge is 2.18. The molecule has 2 N–H and O–H groups in total. The summed E-state index contributed by atoms with van der Waals surface area (Å²) in [6, 6.07) is 7.60. The molecule has 0 saturated carbocycles. The van der Waals surface area contributed by atoms with Crippen molar-refractivity contribution in [3.8, 4) is 0 Å². The van der Waals surface area contributed by atoms with Gasteiger partial charge in [0.15, 0.2) is 0 Å². The molecule has 21 heavy (non-hydrogen) atoms. The molecule has 0 radical (unpaired) electrons. The molecule has 1 heterocycles. The predicted molar refractivity (Wildman–Crippen MR) is 84.8 cm³/mol. The van der Waals surface area contributed by atoms with Crippen LogP contribution in [0, 0.1) is 0 Å². The number of nitrogens with zero attached hydrogens (tertiary/aromatic N) is 1. The number of rotatable bonds is 6. The van der Waals surface area contributed by atoms with Crippen LogP contribution >= 0.6 is 15.9 Å². The molecule has 114 valence electrons. The van der Waals surface area contributed by atoms with E-state index in [1.807, 2.05) is 29.2 Å². The van der Waals surface area contributed by atoms with Gasteiger partial charge in [0.05, 0.1) is 0 Å². The van der Waals surface area contributed by atoms with Crippen molar-refractivity contribution >= 4 is 27.9 Å². The van der Waals surface area contributed by atoms with Crippen molar-refractivity contribution in [2.45, 2.75) is 25.8 Å². The van der Waals surface area contributed by atoms with Crippen molar-refractivity contribution in [1.82, 2.24) is 15.5 Å². The van der Waals surface area contributed by atoms with E-state index in [4.69, 9.17) is 0 Å². The zero-order valence-electron chi connectivity index (χ0n) is 11.9. The first-order valence-corrected chi connectivity index (χ1v) is 7.99. The summed E-state index contributed by atoms with van der Waals surface area (Å²) in [5, 5.41) is 5.62. The van der Waals surface area contributed by atoms with Crippen molar-refractivity contribution in [3.63, 3.8) is 0 Å². The number of carbonyl (C=O) groups excluding carboxylic acids is 2.